The highest BCUT2D eigenvalue weighted by Crippen LogP contribution is 2.27. The van der Waals surface area contributed by atoms with E-state index >= 15 is 0 Å². The van der Waals surface area contributed by atoms with E-state index in [9.17, 15) is 0 Å². The lowest BCUT2D eigenvalue weighted by Crippen LogP contribution is -2.01. The summed E-state index contributed by atoms with van der Waals surface area (Å²) < 4.78 is 3.03. The summed E-state index contributed by atoms with van der Waals surface area (Å²) in [6.45, 7) is 3.89. The van der Waals surface area contributed by atoms with Gasteiger partial charge in [-0.05, 0) is 54.6 Å². The van der Waals surface area contributed by atoms with Crippen LogP contribution in [0.15, 0.2) is 24.3 Å². The van der Waals surface area contributed by atoms with Gasteiger partial charge in [-0.3, -0.25) is 4.40 Å². The fraction of sp³-hybridized carbons (Fsp3) is 0.154. The summed E-state index contributed by atoms with van der Waals surface area (Å²) in [5.74, 6) is 1.59. The first kappa shape index (κ1) is 12.3. The first-order valence-electron chi connectivity index (χ1n) is 5.81. The molecule has 0 unspecified atom stereocenters. The van der Waals surface area contributed by atoms with Gasteiger partial charge in [-0.25, -0.2) is 4.98 Å². The van der Waals surface area contributed by atoms with E-state index < -0.39 is 0 Å². The molecule has 0 atom stereocenters. The van der Waals surface area contributed by atoms with Crippen molar-refractivity contribution in [1.82, 2.24) is 19.6 Å². The van der Waals surface area contributed by atoms with Crippen molar-refractivity contribution in [3.05, 3.63) is 39.4 Å². The number of nitrogens with zero attached hydrogens (tertiary/aromatic N) is 4. The van der Waals surface area contributed by atoms with Crippen LogP contribution in [-0.2, 0) is 0 Å². The van der Waals surface area contributed by atoms with Gasteiger partial charge in [-0.1, -0.05) is 0 Å². The molecule has 0 saturated carbocycles. The number of hydrogen-bond donors (Lipinski definition) is 1. The van der Waals surface area contributed by atoms with Crippen LogP contribution >= 0.6 is 22.6 Å². The molecule has 0 bridgehead atoms. The van der Waals surface area contributed by atoms with Crippen LogP contribution in [0.3, 0.4) is 0 Å². The third kappa shape index (κ3) is 2.05. The molecule has 19 heavy (non-hydrogen) atoms. The predicted molar refractivity (Wildman–Crippen MR) is 82.8 cm³/mol. The maximum atomic E-state index is 6.05. The van der Waals surface area contributed by atoms with Gasteiger partial charge in [0.1, 0.15) is 5.82 Å². The molecule has 2 heterocycles. The summed E-state index contributed by atoms with van der Waals surface area (Å²) in [6.07, 6.45) is 0. The van der Waals surface area contributed by atoms with Crippen LogP contribution in [0.2, 0.25) is 0 Å². The molecule has 0 fully saturated rings. The number of nitrogens with two attached hydrogens (primary N) is 1. The number of rotatable bonds is 1. The molecule has 3 rings (SSSR count). The standard InChI is InChI=1S/C13H12IN5/c1-7-5-12-17-18-13(19(12)8(2)16-7)10-6-9(14)3-4-11(10)15/h3-6H,15H2,1-2H3. The quantitative estimate of drug-likeness (QED) is 0.532. The molecule has 6 heteroatoms. The Morgan fingerprint density at radius 3 is 2.74 bits per heavy atom. The molecule has 0 spiro atoms. The Hall–Kier alpha value is -1.70. The van der Waals surface area contributed by atoms with E-state index in [1.807, 2.05) is 42.5 Å². The summed E-state index contributed by atoms with van der Waals surface area (Å²) in [4.78, 5) is 4.45. The lowest BCUT2D eigenvalue weighted by atomic mass is 10.1. The van der Waals surface area contributed by atoms with E-state index in [0.29, 0.717) is 5.69 Å². The van der Waals surface area contributed by atoms with Gasteiger partial charge in [-0.15, -0.1) is 10.2 Å². The fourth-order valence-electron chi connectivity index (χ4n) is 2.13. The van der Waals surface area contributed by atoms with E-state index in [4.69, 9.17) is 5.73 Å². The predicted octanol–water partition coefficient (Wildman–Crippen LogP) is 2.59. The van der Waals surface area contributed by atoms with Crippen LogP contribution in [0.1, 0.15) is 11.5 Å². The van der Waals surface area contributed by atoms with Gasteiger partial charge in [0.25, 0.3) is 0 Å². The molecule has 1 aromatic carbocycles. The first-order chi connectivity index (χ1) is 9.06. The lowest BCUT2D eigenvalue weighted by Gasteiger charge is -2.07. The molecule has 0 aliphatic carbocycles. The van der Waals surface area contributed by atoms with E-state index in [2.05, 4.69) is 37.8 Å². The zero-order valence-corrected chi connectivity index (χ0v) is 12.7. The molecule has 5 nitrogen and oxygen atoms in total. The van der Waals surface area contributed by atoms with Gasteiger partial charge in [0.15, 0.2) is 11.5 Å². The average molecular weight is 365 g/mol. The van der Waals surface area contributed by atoms with Crippen LogP contribution < -0.4 is 5.73 Å². The van der Waals surface area contributed by atoms with Crippen LogP contribution in [0.25, 0.3) is 17.0 Å². The largest absolute Gasteiger partial charge is 0.398 e. The summed E-state index contributed by atoms with van der Waals surface area (Å²) in [5.41, 5.74) is 9.34. The molecule has 0 aliphatic heterocycles. The average Bonchev–Trinajstić information content (AvgIpc) is 2.76. The van der Waals surface area contributed by atoms with Gasteiger partial charge in [-0.2, -0.15) is 0 Å². The molecule has 2 N–H and O–H groups in total. The molecule has 0 amide bonds. The van der Waals surface area contributed by atoms with Gasteiger partial charge >= 0.3 is 0 Å². The Labute approximate surface area is 124 Å². The normalized spacial score (nSPS) is 11.1. The smallest absolute Gasteiger partial charge is 0.171 e. The Morgan fingerprint density at radius 1 is 1.16 bits per heavy atom. The number of anilines is 1. The zero-order valence-electron chi connectivity index (χ0n) is 10.6. The highest BCUT2D eigenvalue weighted by molar-refractivity contribution is 14.1. The molecule has 2 aromatic heterocycles. The molecular weight excluding hydrogens is 353 g/mol. The number of aromatic nitrogens is 4. The van der Waals surface area contributed by atoms with Crippen molar-refractivity contribution in [3.8, 4) is 11.4 Å². The van der Waals surface area contributed by atoms with Crippen LogP contribution in [0, 0.1) is 17.4 Å². The van der Waals surface area contributed by atoms with Crippen molar-refractivity contribution in [2.24, 2.45) is 0 Å². The van der Waals surface area contributed by atoms with Gasteiger partial charge in [0.05, 0.1) is 0 Å². The number of aryl methyl sites for hydroxylation is 2. The lowest BCUT2D eigenvalue weighted by molar-refractivity contribution is 0.962. The summed E-state index contributed by atoms with van der Waals surface area (Å²) in [7, 11) is 0. The highest BCUT2D eigenvalue weighted by atomic mass is 127. The highest BCUT2D eigenvalue weighted by Gasteiger charge is 2.14. The van der Waals surface area contributed by atoms with E-state index in [0.717, 1.165) is 32.1 Å². The number of benzene rings is 1. The van der Waals surface area contributed by atoms with Crippen molar-refractivity contribution in [3.63, 3.8) is 0 Å². The maximum absolute atomic E-state index is 6.05. The van der Waals surface area contributed by atoms with Gasteiger partial charge < -0.3 is 5.73 Å². The molecule has 96 valence electrons. The Kier molecular flexibility index (Phi) is 2.89. The van der Waals surface area contributed by atoms with Gasteiger partial charge in [0.2, 0.25) is 0 Å². The summed E-state index contributed by atoms with van der Waals surface area (Å²) in [6, 6.07) is 7.77. The van der Waals surface area contributed by atoms with Crippen LogP contribution in [0.5, 0.6) is 0 Å². The molecule has 3 aromatic rings. The monoisotopic (exact) mass is 365 g/mol. The SMILES string of the molecule is Cc1cc2nnc(-c3cc(I)ccc3N)n2c(C)n1. The number of halogens is 1. The minimum Gasteiger partial charge on any atom is -0.398 e. The van der Waals surface area contributed by atoms with E-state index in [-0.39, 0.29) is 0 Å². The molecule has 0 aliphatic rings. The Bertz CT molecular complexity index is 778. The summed E-state index contributed by atoms with van der Waals surface area (Å²) in [5, 5.41) is 8.46. The summed E-state index contributed by atoms with van der Waals surface area (Å²) >= 11 is 2.26. The minimum absolute atomic E-state index is 0.690. The number of hydrogen-bond acceptors (Lipinski definition) is 4. The Balaban J connectivity index is 2.34. The van der Waals surface area contributed by atoms with Gasteiger partial charge in [0, 0.05) is 26.6 Å². The zero-order chi connectivity index (χ0) is 13.6. The number of fused-ring (bicyclic) bond motifs is 1. The van der Waals surface area contributed by atoms with Crippen molar-refractivity contribution in [2.45, 2.75) is 13.8 Å². The topological polar surface area (TPSA) is 69.1 Å². The maximum Gasteiger partial charge on any atom is 0.171 e. The third-order valence-corrected chi connectivity index (χ3v) is 3.62. The third-order valence-electron chi connectivity index (χ3n) is 2.94. The van der Waals surface area contributed by atoms with Crippen molar-refractivity contribution >= 4 is 33.9 Å². The molecule has 0 radical (unpaired) electrons. The van der Waals surface area contributed by atoms with Crippen LogP contribution in [0.4, 0.5) is 5.69 Å². The van der Waals surface area contributed by atoms with Crippen molar-refractivity contribution in [2.75, 3.05) is 5.73 Å². The second-order valence-corrected chi connectivity index (χ2v) is 5.64. The molecular formula is C13H12IN5. The fourth-order valence-corrected chi connectivity index (χ4v) is 2.62. The van der Waals surface area contributed by atoms with E-state index in [1.165, 1.54) is 0 Å². The van der Waals surface area contributed by atoms with E-state index in [1.54, 1.807) is 0 Å². The Morgan fingerprint density at radius 2 is 1.95 bits per heavy atom. The number of nitrogen functional groups attached to an aromatic ring is 1. The van der Waals surface area contributed by atoms with Crippen molar-refractivity contribution < 1.29 is 0 Å². The second-order valence-electron chi connectivity index (χ2n) is 4.39. The second kappa shape index (κ2) is 4.44. The van der Waals surface area contributed by atoms with Crippen LogP contribution in [-0.4, -0.2) is 19.6 Å². The first-order valence-corrected chi connectivity index (χ1v) is 6.89. The molecule has 0 saturated heterocycles. The minimum atomic E-state index is 0.690. The van der Waals surface area contributed by atoms with Crippen molar-refractivity contribution in [1.29, 1.82) is 0 Å².